The van der Waals surface area contributed by atoms with Gasteiger partial charge < -0.3 is 15.4 Å². The summed E-state index contributed by atoms with van der Waals surface area (Å²) in [5.41, 5.74) is 3.72. The zero-order chi connectivity index (χ0) is 27.7. The lowest BCUT2D eigenvalue weighted by atomic mass is 10.00. The number of amides is 1. The van der Waals surface area contributed by atoms with Crippen LogP contribution in [0.5, 0.6) is 0 Å². The van der Waals surface area contributed by atoms with Crippen molar-refractivity contribution in [3.05, 3.63) is 65.1 Å². The summed E-state index contributed by atoms with van der Waals surface area (Å²) in [4.78, 5) is 21.4. The zero-order valence-electron chi connectivity index (χ0n) is 22.3. The first-order valence-electron chi connectivity index (χ1n) is 12.1. The van der Waals surface area contributed by atoms with Gasteiger partial charge in [-0.25, -0.2) is 19.3 Å². The smallest absolute Gasteiger partial charge is 0.408 e. The Hall–Kier alpha value is -4.16. The van der Waals surface area contributed by atoms with Crippen LogP contribution in [0.25, 0.3) is 28.0 Å². The quantitative estimate of drug-likeness (QED) is 0.293. The fraction of sp³-hybridized carbons (Fsp3) is 0.321. The van der Waals surface area contributed by atoms with Crippen LogP contribution in [0.1, 0.15) is 45.9 Å². The predicted octanol–water partition coefficient (Wildman–Crippen LogP) is 6.01. The Balaban J connectivity index is 1.72. The Morgan fingerprint density at radius 2 is 1.87 bits per heavy atom. The Morgan fingerprint density at radius 3 is 2.55 bits per heavy atom. The third kappa shape index (κ3) is 6.39. The zero-order valence-corrected chi connectivity index (χ0v) is 23.0. The molecule has 196 valence electrons. The summed E-state index contributed by atoms with van der Waals surface area (Å²) in [5.74, 6) is 0.604. The minimum absolute atomic E-state index is 0.361. The topological polar surface area (TPSA) is 117 Å². The lowest BCUT2D eigenvalue weighted by Crippen LogP contribution is -2.50. The first-order valence-corrected chi connectivity index (χ1v) is 12.5. The Kier molecular flexibility index (Phi) is 7.29. The predicted molar refractivity (Wildman–Crippen MR) is 148 cm³/mol. The number of carbonyl (C=O) groups excluding carboxylic acids is 1. The first kappa shape index (κ1) is 26.9. The number of pyridine rings is 1. The van der Waals surface area contributed by atoms with Crippen LogP contribution in [0.15, 0.2) is 48.7 Å². The molecule has 0 saturated carbocycles. The van der Waals surface area contributed by atoms with Gasteiger partial charge in [0.25, 0.3) is 0 Å². The highest BCUT2D eigenvalue weighted by Crippen LogP contribution is 2.36. The molecule has 2 N–H and O–H groups in total. The molecule has 10 heteroatoms. The van der Waals surface area contributed by atoms with E-state index in [4.69, 9.17) is 26.4 Å². The fourth-order valence-corrected chi connectivity index (χ4v) is 4.19. The molecular weight excluding hydrogens is 502 g/mol. The van der Waals surface area contributed by atoms with E-state index in [1.54, 1.807) is 22.7 Å². The number of nitrogens with one attached hydrogen (secondary N) is 2. The molecule has 0 fully saturated rings. The number of hydrogen-bond acceptors (Lipinski definition) is 7. The van der Waals surface area contributed by atoms with Gasteiger partial charge in [-0.2, -0.15) is 10.4 Å². The van der Waals surface area contributed by atoms with Crippen molar-refractivity contribution in [2.45, 2.75) is 52.7 Å². The number of anilines is 1. The molecule has 4 aromatic rings. The van der Waals surface area contributed by atoms with Gasteiger partial charge in [-0.1, -0.05) is 23.7 Å². The number of nitrogens with zero attached hydrogens (tertiary/aromatic N) is 5. The van der Waals surface area contributed by atoms with Crippen LogP contribution in [0.2, 0.25) is 5.15 Å². The molecule has 0 bridgehead atoms. The van der Waals surface area contributed by atoms with Crippen LogP contribution >= 0.6 is 11.6 Å². The van der Waals surface area contributed by atoms with Crippen LogP contribution < -0.4 is 10.6 Å². The number of aryl methyl sites for hydroxylation is 1. The molecule has 1 amide bonds. The standard InChI is InChI=1S/C28H30ClN7O2/c1-17-12-20(14-21(29)32-17)23-24(19-9-7-8-18(13-19)15-30)35-36-11-10-22(33-25(23)36)31-16-28(5,6)34-26(37)38-27(2,3)4/h7-14H,16H2,1-6H3,(H,31,33)(H,34,37). The SMILES string of the molecule is Cc1cc(-c2c(-c3cccc(C#N)c3)nn3ccc(NCC(C)(C)NC(=O)OC(C)(C)C)nc23)cc(Cl)n1. The van der Waals surface area contributed by atoms with E-state index in [0.717, 1.165) is 22.4 Å². The second-order valence-corrected chi connectivity index (χ2v) is 11.1. The summed E-state index contributed by atoms with van der Waals surface area (Å²) in [6.45, 7) is 11.5. The molecule has 9 nitrogen and oxygen atoms in total. The molecule has 0 unspecified atom stereocenters. The average Bonchev–Trinajstić information content (AvgIpc) is 3.19. The number of nitriles is 1. The van der Waals surface area contributed by atoms with Crippen molar-refractivity contribution in [2.24, 2.45) is 0 Å². The highest BCUT2D eigenvalue weighted by Gasteiger charge is 2.25. The van der Waals surface area contributed by atoms with Crippen molar-refractivity contribution in [2.75, 3.05) is 11.9 Å². The van der Waals surface area contributed by atoms with Crippen molar-refractivity contribution >= 4 is 29.2 Å². The van der Waals surface area contributed by atoms with Crippen LogP contribution in [0, 0.1) is 18.3 Å². The average molecular weight is 532 g/mol. The van der Waals surface area contributed by atoms with Crippen LogP contribution in [-0.4, -0.2) is 43.4 Å². The second-order valence-electron chi connectivity index (χ2n) is 10.7. The molecule has 3 heterocycles. The third-order valence-corrected chi connectivity index (χ3v) is 5.71. The Bertz CT molecular complexity index is 1530. The van der Waals surface area contributed by atoms with E-state index in [1.807, 2.05) is 72.0 Å². The molecule has 38 heavy (non-hydrogen) atoms. The number of aromatic nitrogens is 4. The monoisotopic (exact) mass is 531 g/mol. The van der Waals surface area contributed by atoms with Crippen molar-refractivity contribution in [1.29, 1.82) is 5.26 Å². The van der Waals surface area contributed by atoms with Gasteiger partial charge >= 0.3 is 6.09 Å². The minimum Gasteiger partial charge on any atom is -0.444 e. The van der Waals surface area contributed by atoms with E-state index < -0.39 is 17.2 Å². The molecule has 0 radical (unpaired) electrons. The number of rotatable bonds is 6. The Labute approximate surface area is 226 Å². The van der Waals surface area contributed by atoms with Crippen LogP contribution in [0.3, 0.4) is 0 Å². The summed E-state index contributed by atoms with van der Waals surface area (Å²) in [5, 5.41) is 20.8. The maximum atomic E-state index is 12.3. The van der Waals surface area contributed by atoms with Crippen molar-refractivity contribution in [3.8, 4) is 28.5 Å². The van der Waals surface area contributed by atoms with E-state index >= 15 is 0 Å². The molecule has 0 aliphatic carbocycles. The highest BCUT2D eigenvalue weighted by molar-refractivity contribution is 6.29. The summed E-state index contributed by atoms with van der Waals surface area (Å²) in [7, 11) is 0. The number of alkyl carbamates (subject to hydrolysis) is 1. The summed E-state index contributed by atoms with van der Waals surface area (Å²) in [6, 6.07) is 15.0. The molecular formula is C28H30ClN7O2. The van der Waals surface area contributed by atoms with Gasteiger partial charge in [-0.3, -0.25) is 0 Å². The van der Waals surface area contributed by atoms with Crippen molar-refractivity contribution < 1.29 is 9.53 Å². The molecule has 4 rings (SSSR count). The largest absolute Gasteiger partial charge is 0.444 e. The minimum atomic E-state index is -0.613. The number of benzene rings is 1. The summed E-state index contributed by atoms with van der Waals surface area (Å²) in [6.07, 6.45) is 1.33. The highest BCUT2D eigenvalue weighted by atomic mass is 35.5. The van der Waals surface area contributed by atoms with Gasteiger partial charge in [0, 0.05) is 24.0 Å². The molecule has 1 aromatic carbocycles. The van der Waals surface area contributed by atoms with Crippen molar-refractivity contribution in [1.82, 2.24) is 24.9 Å². The van der Waals surface area contributed by atoms with Gasteiger partial charge in [0.05, 0.1) is 22.7 Å². The van der Waals surface area contributed by atoms with E-state index in [9.17, 15) is 10.1 Å². The Morgan fingerprint density at radius 1 is 1.11 bits per heavy atom. The van der Waals surface area contributed by atoms with Gasteiger partial charge in [-0.05, 0) is 77.4 Å². The van der Waals surface area contributed by atoms with Gasteiger partial charge in [0.2, 0.25) is 0 Å². The molecule has 0 spiro atoms. The van der Waals surface area contributed by atoms with E-state index in [2.05, 4.69) is 21.7 Å². The number of halogens is 1. The van der Waals surface area contributed by atoms with E-state index in [1.165, 1.54) is 0 Å². The first-order chi connectivity index (χ1) is 17.8. The molecule has 0 aliphatic rings. The molecule has 0 saturated heterocycles. The molecule has 0 atom stereocenters. The summed E-state index contributed by atoms with van der Waals surface area (Å²) >= 11 is 6.32. The normalized spacial score (nSPS) is 11.7. The van der Waals surface area contributed by atoms with Crippen LogP contribution in [0.4, 0.5) is 10.6 Å². The second kappa shape index (κ2) is 10.3. The van der Waals surface area contributed by atoms with E-state index in [-0.39, 0.29) is 0 Å². The molecule has 0 aliphatic heterocycles. The lowest BCUT2D eigenvalue weighted by molar-refractivity contribution is 0.0478. The number of ether oxygens (including phenoxy) is 1. The fourth-order valence-electron chi connectivity index (χ4n) is 3.94. The molecule has 3 aromatic heterocycles. The lowest BCUT2D eigenvalue weighted by Gasteiger charge is -2.29. The number of hydrogen-bond donors (Lipinski definition) is 2. The van der Waals surface area contributed by atoms with Gasteiger partial charge in [0.15, 0.2) is 5.65 Å². The van der Waals surface area contributed by atoms with E-state index in [0.29, 0.717) is 34.4 Å². The number of fused-ring (bicyclic) bond motifs is 1. The summed E-state index contributed by atoms with van der Waals surface area (Å²) < 4.78 is 7.08. The maximum Gasteiger partial charge on any atom is 0.408 e. The van der Waals surface area contributed by atoms with Gasteiger partial charge in [-0.15, -0.1) is 0 Å². The third-order valence-electron chi connectivity index (χ3n) is 5.51. The number of carbonyl (C=O) groups is 1. The van der Waals surface area contributed by atoms with Crippen LogP contribution in [-0.2, 0) is 4.74 Å². The van der Waals surface area contributed by atoms with Crippen molar-refractivity contribution in [3.63, 3.8) is 0 Å². The maximum absolute atomic E-state index is 12.3. The van der Waals surface area contributed by atoms with Gasteiger partial charge in [0.1, 0.15) is 22.3 Å².